The molecule has 2 aromatic rings. The van der Waals surface area contributed by atoms with Gasteiger partial charge in [0.2, 0.25) is 0 Å². The van der Waals surface area contributed by atoms with Crippen LogP contribution >= 0.6 is 23.5 Å². The molecule has 0 saturated carbocycles. The van der Waals surface area contributed by atoms with Gasteiger partial charge in [0, 0.05) is 20.2 Å². The van der Waals surface area contributed by atoms with E-state index in [1.807, 2.05) is 18.2 Å². The fourth-order valence-corrected chi connectivity index (χ4v) is 3.54. The number of thioether (sulfide) groups is 1. The van der Waals surface area contributed by atoms with Crippen molar-refractivity contribution < 1.29 is 4.79 Å². The van der Waals surface area contributed by atoms with Gasteiger partial charge in [-0.25, -0.2) is 0 Å². The Labute approximate surface area is 121 Å². The average molecular weight is 287 g/mol. The van der Waals surface area contributed by atoms with Crippen molar-refractivity contribution in [3.8, 4) is 0 Å². The van der Waals surface area contributed by atoms with Crippen molar-refractivity contribution in [1.82, 2.24) is 0 Å². The first kappa shape index (κ1) is 12.6. The molecule has 1 heterocycles. The van der Waals surface area contributed by atoms with E-state index in [1.54, 1.807) is 30.4 Å². The zero-order valence-corrected chi connectivity index (χ0v) is 12.3. The van der Waals surface area contributed by atoms with Crippen LogP contribution in [0.3, 0.4) is 0 Å². The van der Waals surface area contributed by atoms with Crippen molar-refractivity contribution in [3.05, 3.63) is 42.0 Å². The van der Waals surface area contributed by atoms with Gasteiger partial charge < -0.3 is 5.32 Å². The molecule has 0 saturated heterocycles. The van der Waals surface area contributed by atoms with E-state index in [9.17, 15) is 4.79 Å². The van der Waals surface area contributed by atoms with Crippen molar-refractivity contribution in [3.63, 3.8) is 0 Å². The standard InChI is InChI=1S/C15H13NOS2/c1-9(17)10-3-6-14-13(7-10)16-12-5-4-11(18-2)8-15(12)19-14/h3-8,16H,1-2H3. The third-order valence-corrected chi connectivity index (χ3v) is 4.92. The lowest BCUT2D eigenvalue weighted by atomic mass is 10.1. The number of ketones is 1. The molecule has 1 aliphatic rings. The van der Waals surface area contributed by atoms with Gasteiger partial charge >= 0.3 is 0 Å². The van der Waals surface area contributed by atoms with E-state index in [4.69, 9.17) is 0 Å². The fourth-order valence-electron chi connectivity index (χ4n) is 2.02. The number of anilines is 2. The number of hydrogen-bond acceptors (Lipinski definition) is 4. The van der Waals surface area contributed by atoms with Crippen LogP contribution in [0.15, 0.2) is 51.1 Å². The molecule has 0 amide bonds. The molecular formula is C15H13NOS2. The molecule has 0 radical (unpaired) electrons. The third-order valence-electron chi connectivity index (χ3n) is 3.06. The second-order valence-electron chi connectivity index (χ2n) is 4.36. The van der Waals surface area contributed by atoms with E-state index in [-0.39, 0.29) is 5.78 Å². The Morgan fingerprint density at radius 3 is 2.68 bits per heavy atom. The molecule has 0 bridgehead atoms. The second kappa shape index (κ2) is 4.94. The van der Waals surface area contributed by atoms with Crippen LogP contribution in [0.25, 0.3) is 0 Å². The molecule has 0 unspecified atom stereocenters. The first-order valence-electron chi connectivity index (χ1n) is 5.95. The van der Waals surface area contributed by atoms with Crippen LogP contribution in [-0.4, -0.2) is 12.0 Å². The minimum Gasteiger partial charge on any atom is -0.354 e. The topological polar surface area (TPSA) is 29.1 Å². The monoisotopic (exact) mass is 287 g/mol. The van der Waals surface area contributed by atoms with Crippen LogP contribution in [0.5, 0.6) is 0 Å². The van der Waals surface area contributed by atoms with Crippen LogP contribution in [0.4, 0.5) is 11.4 Å². The Morgan fingerprint density at radius 2 is 1.95 bits per heavy atom. The first-order valence-corrected chi connectivity index (χ1v) is 7.99. The molecule has 0 spiro atoms. The lowest BCUT2D eigenvalue weighted by Crippen LogP contribution is -2.02. The first-order chi connectivity index (χ1) is 9.17. The van der Waals surface area contributed by atoms with Gasteiger partial charge in [-0.05, 0) is 43.5 Å². The highest BCUT2D eigenvalue weighted by Crippen LogP contribution is 2.45. The number of nitrogens with one attached hydrogen (secondary N) is 1. The highest BCUT2D eigenvalue weighted by Gasteiger charge is 2.16. The lowest BCUT2D eigenvalue weighted by Gasteiger charge is -2.21. The molecule has 0 atom stereocenters. The lowest BCUT2D eigenvalue weighted by molar-refractivity contribution is 0.101. The Balaban J connectivity index is 2.01. The molecule has 0 aliphatic carbocycles. The van der Waals surface area contributed by atoms with Crippen LogP contribution < -0.4 is 5.32 Å². The number of rotatable bonds is 2. The van der Waals surface area contributed by atoms with Gasteiger partial charge in [0.15, 0.2) is 5.78 Å². The van der Waals surface area contributed by atoms with E-state index < -0.39 is 0 Å². The van der Waals surface area contributed by atoms with Crippen LogP contribution in [0, 0.1) is 0 Å². The third kappa shape index (κ3) is 2.38. The SMILES string of the molecule is CSc1ccc2c(c1)Sc1ccc(C(C)=O)cc1N2. The maximum Gasteiger partial charge on any atom is 0.159 e. The van der Waals surface area contributed by atoms with Crippen molar-refractivity contribution in [2.24, 2.45) is 0 Å². The molecule has 1 aliphatic heterocycles. The number of hydrogen-bond donors (Lipinski definition) is 1. The summed E-state index contributed by atoms with van der Waals surface area (Å²) in [6.07, 6.45) is 2.08. The van der Waals surface area contributed by atoms with Crippen LogP contribution in [0.1, 0.15) is 17.3 Å². The summed E-state index contributed by atoms with van der Waals surface area (Å²) < 4.78 is 0. The molecule has 2 nitrogen and oxygen atoms in total. The molecule has 0 fully saturated rings. The summed E-state index contributed by atoms with van der Waals surface area (Å²) in [5, 5.41) is 3.40. The molecule has 3 rings (SSSR count). The number of fused-ring (bicyclic) bond motifs is 2. The quantitative estimate of drug-likeness (QED) is 0.540. The maximum absolute atomic E-state index is 11.4. The second-order valence-corrected chi connectivity index (χ2v) is 6.32. The maximum atomic E-state index is 11.4. The molecular weight excluding hydrogens is 274 g/mol. The van der Waals surface area contributed by atoms with Gasteiger partial charge in [-0.15, -0.1) is 11.8 Å². The zero-order valence-electron chi connectivity index (χ0n) is 10.7. The summed E-state index contributed by atoms with van der Waals surface area (Å²) in [4.78, 5) is 15.1. The van der Waals surface area contributed by atoms with E-state index in [0.717, 1.165) is 21.8 Å². The van der Waals surface area contributed by atoms with E-state index in [1.165, 1.54) is 9.79 Å². The van der Waals surface area contributed by atoms with Gasteiger partial charge in [0.1, 0.15) is 0 Å². The van der Waals surface area contributed by atoms with Gasteiger partial charge in [-0.1, -0.05) is 17.8 Å². The summed E-state index contributed by atoms with van der Waals surface area (Å²) in [5.41, 5.74) is 2.87. The summed E-state index contributed by atoms with van der Waals surface area (Å²) >= 11 is 3.49. The Bertz CT molecular complexity index is 667. The Kier molecular flexibility index (Phi) is 3.29. The molecule has 4 heteroatoms. The van der Waals surface area contributed by atoms with Crippen molar-refractivity contribution in [2.75, 3.05) is 11.6 Å². The van der Waals surface area contributed by atoms with Gasteiger partial charge in [-0.3, -0.25) is 4.79 Å². The van der Waals surface area contributed by atoms with E-state index in [0.29, 0.717) is 0 Å². The smallest absolute Gasteiger partial charge is 0.159 e. The van der Waals surface area contributed by atoms with E-state index in [2.05, 4.69) is 29.8 Å². The fraction of sp³-hybridized carbons (Fsp3) is 0.133. The Morgan fingerprint density at radius 1 is 1.11 bits per heavy atom. The van der Waals surface area contributed by atoms with Crippen molar-refractivity contribution >= 4 is 40.7 Å². The largest absolute Gasteiger partial charge is 0.354 e. The van der Waals surface area contributed by atoms with Crippen molar-refractivity contribution in [2.45, 2.75) is 21.6 Å². The summed E-state index contributed by atoms with van der Waals surface area (Å²) in [5.74, 6) is 0.0955. The summed E-state index contributed by atoms with van der Waals surface area (Å²) in [7, 11) is 0. The minimum absolute atomic E-state index is 0.0955. The molecule has 1 N–H and O–H groups in total. The number of carbonyl (C=O) groups is 1. The summed E-state index contributed by atoms with van der Waals surface area (Å²) in [6, 6.07) is 12.2. The zero-order chi connectivity index (χ0) is 13.4. The predicted octanol–water partition coefficient (Wildman–Crippen LogP) is 4.82. The number of benzene rings is 2. The van der Waals surface area contributed by atoms with Gasteiger partial charge in [0.25, 0.3) is 0 Å². The van der Waals surface area contributed by atoms with Crippen LogP contribution in [0.2, 0.25) is 0 Å². The molecule has 19 heavy (non-hydrogen) atoms. The highest BCUT2D eigenvalue weighted by molar-refractivity contribution is 8.00. The molecule has 2 aromatic carbocycles. The van der Waals surface area contributed by atoms with Gasteiger partial charge in [0.05, 0.1) is 11.4 Å². The Hall–Kier alpha value is -1.39. The predicted molar refractivity (Wildman–Crippen MR) is 82.1 cm³/mol. The summed E-state index contributed by atoms with van der Waals surface area (Å²) in [6.45, 7) is 1.59. The molecule has 96 valence electrons. The van der Waals surface area contributed by atoms with Crippen molar-refractivity contribution in [1.29, 1.82) is 0 Å². The minimum atomic E-state index is 0.0955. The highest BCUT2D eigenvalue weighted by atomic mass is 32.2. The number of carbonyl (C=O) groups excluding carboxylic acids is 1. The normalized spacial score (nSPS) is 12.3. The van der Waals surface area contributed by atoms with Crippen LogP contribution in [-0.2, 0) is 0 Å². The number of Topliss-reactive ketones (excluding diaryl/α,β-unsaturated/α-hetero) is 1. The van der Waals surface area contributed by atoms with E-state index >= 15 is 0 Å². The average Bonchev–Trinajstić information content (AvgIpc) is 2.43. The van der Waals surface area contributed by atoms with Gasteiger partial charge in [-0.2, -0.15) is 0 Å². The molecule has 0 aromatic heterocycles.